The van der Waals surface area contributed by atoms with Gasteiger partial charge in [-0.2, -0.15) is 4.31 Å². The van der Waals surface area contributed by atoms with E-state index in [-0.39, 0.29) is 17.9 Å². The first kappa shape index (κ1) is 20.3. The third kappa shape index (κ3) is 3.55. The fourth-order valence-electron chi connectivity index (χ4n) is 4.81. The Morgan fingerprint density at radius 3 is 2.48 bits per heavy atom. The molecule has 0 radical (unpaired) electrons. The van der Waals surface area contributed by atoms with E-state index < -0.39 is 15.6 Å². The standard InChI is InChI=1S/C20H28N4O4S/c1-16-7-5-6-10-20(16)18(25)24(19(26)21-20)15-22-11-13-23(14-12-22)29(27,28)17-8-3-2-4-9-17/h2-4,8-9,16H,5-7,10-15H2,1H3,(H,21,26)/p+1/t16-,20+/m1/s1. The molecule has 3 aliphatic rings. The van der Waals surface area contributed by atoms with Gasteiger partial charge in [-0.25, -0.2) is 18.1 Å². The average molecular weight is 422 g/mol. The molecule has 2 atom stereocenters. The highest BCUT2D eigenvalue weighted by Crippen LogP contribution is 2.37. The van der Waals surface area contributed by atoms with Crippen LogP contribution in [-0.4, -0.2) is 67.9 Å². The Balaban J connectivity index is 1.39. The SMILES string of the molecule is C[C@@H]1CCCC[C@]12NC(=O)N(C[NH+]1CCN(S(=O)(=O)c3ccccc3)CC1)C2=O. The molecule has 8 nitrogen and oxygen atoms in total. The highest BCUT2D eigenvalue weighted by molar-refractivity contribution is 7.89. The van der Waals surface area contributed by atoms with E-state index in [0.717, 1.165) is 24.2 Å². The van der Waals surface area contributed by atoms with E-state index in [9.17, 15) is 18.0 Å². The van der Waals surface area contributed by atoms with Crippen molar-refractivity contribution in [3.8, 4) is 0 Å². The van der Waals surface area contributed by atoms with Crippen LogP contribution in [0.25, 0.3) is 0 Å². The van der Waals surface area contributed by atoms with Gasteiger partial charge in [-0.15, -0.1) is 0 Å². The van der Waals surface area contributed by atoms with Crippen molar-refractivity contribution in [3.05, 3.63) is 30.3 Å². The summed E-state index contributed by atoms with van der Waals surface area (Å²) in [5.74, 6) is 0.0297. The van der Waals surface area contributed by atoms with Crippen molar-refractivity contribution in [1.82, 2.24) is 14.5 Å². The number of hydrogen-bond acceptors (Lipinski definition) is 4. The lowest BCUT2D eigenvalue weighted by Gasteiger charge is -2.37. The number of hydrogen-bond donors (Lipinski definition) is 2. The number of piperazine rings is 1. The molecule has 29 heavy (non-hydrogen) atoms. The third-order valence-electron chi connectivity index (χ3n) is 6.69. The molecule has 2 N–H and O–H groups in total. The number of imide groups is 1. The van der Waals surface area contributed by atoms with Crippen LogP contribution in [0, 0.1) is 5.92 Å². The Labute approximate surface area is 171 Å². The largest absolute Gasteiger partial charge is 0.329 e. The van der Waals surface area contributed by atoms with Gasteiger partial charge in [-0.1, -0.05) is 38.0 Å². The predicted molar refractivity (Wildman–Crippen MR) is 107 cm³/mol. The number of carbonyl (C=O) groups is 2. The zero-order chi connectivity index (χ0) is 20.6. The molecule has 1 spiro atoms. The van der Waals surface area contributed by atoms with Gasteiger partial charge in [0.15, 0.2) is 6.67 Å². The zero-order valence-corrected chi connectivity index (χ0v) is 17.6. The molecule has 1 saturated carbocycles. The Bertz CT molecular complexity index is 883. The maximum Gasteiger partial charge on any atom is 0.329 e. The molecule has 3 fully saturated rings. The Morgan fingerprint density at radius 1 is 1.14 bits per heavy atom. The van der Waals surface area contributed by atoms with E-state index in [1.807, 2.05) is 6.92 Å². The quantitative estimate of drug-likeness (QED) is 0.672. The van der Waals surface area contributed by atoms with Gasteiger partial charge < -0.3 is 10.2 Å². The van der Waals surface area contributed by atoms with Crippen LogP contribution in [0.15, 0.2) is 35.2 Å². The van der Waals surface area contributed by atoms with Crippen LogP contribution < -0.4 is 10.2 Å². The second-order valence-corrected chi connectivity index (χ2v) is 10.3. The first-order valence-corrected chi connectivity index (χ1v) is 11.8. The van der Waals surface area contributed by atoms with Crippen molar-refractivity contribution in [2.24, 2.45) is 5.92 Å². The minimum Gasteiger partial charge on any atom is -0.323 e. The number of benzene rings is 1. The molecule has 3 amide bonds. The van der Waals surface area contributed by atoms with Gasteiger partial charge in [0.1, 0.15) is 5.54 Å². The predicted octanol–water partition coefficient (Wildman–Crippen LogP) is 0.0340. The van der Waals surface area contributed by atoms with E-state index in [4.69, 9.17) is 0 Å². The summed E-state index contributed by atoms with van der Waals surface area (Å²) in [4.78, 5) is 28.4. The van der Waals surface area contributed by atoms with E-state index in [1.165, 1.54) is 9.21 Å². The monoisotopic (exact) mass is 421 g/mol. The summed E-state index contributed by atoms with van der Waals surface area (Å²) in [7, 11) is -3.50. The number of urea groups is 1. The van der Waals surface area contributed by atoms with Crippen molar-refractivity contribution in [3.63, 3.8) is 0 Å². The molecule has 0 unspecified atom stereocenters. The maximum atomic E-state index is 13.1. The molecular weight excluding hydrogens is 392 g/mol. The third-order valence-corrected chi connectivity index (χ3v) is 8.61. The molecule has 2 heterocycles. The molecular formula is C20H29N4O4S+. The van der Waals surface area contributed by atoms with Gasteiger partial charge in [-0.3, -0.25) is 4.79 Å². The van der Waals surface area contributed by atoms with E-state index in [0.29, 0.717) is 44.2 Å². The molecule has 4 rings (SSSR count). The summed E-state index contributed by atoms with van der Waals surface area (Å²) in [6, 6.07) is 8.12. The van der Waals surface area contributed by atoms with Crippen LogP contribution in [0.1, 0.15) is 32.6 Å². The molecule has 2 saturated heterocycles. The van der Waals surface area contributed by atoms with E-state index in [1.54, 1.807) is 30.3 Å². The van der Waals surface area contributed by atoms with Gasteiger partial charge in [-0.05, 0) is 30.9 Å². The molecule has 0 aromatic heterocycles. The van der Waals surface area contributed by atoms with Crippen LogP contribution in [0.2, 0.25) is 0 Å². The zero-order valence-electron chi connectivity index (χ0n) is 16.8. The molecule has 1 aromatic rings. The van der Waals surface area contributed by atoms with Gasteiger partial charge in [0, 0.05) is 0 Å². The molecule has 1 aromatic carbocycles. The van der Waals surface area contributed by atoms with Crippen molar-refractivity contribution >= 4 is 22.0 Å². The second-order valence-electron chi connectivity index (χ2n) is 8.41. The van der Waals surface area contributed by atoms with Gasteiger partial charge >= 0.3 is 6.03 Å². The van der Waals surface area contributed by atoms with Crippen LogP contribution in [-0.2, 0) is 14.8 Å². The number of amides is 3. The van der Waals surface area contributed by atoms with Crippen molar-refractivity contribution in [1.29, 1.82) is 0 Å². The van der Waals surface area contributed by atoms with Gasteiger partial charge in [0.25, 0.3) is 5.91 Å². The summed E-state index contributed by atoms with van der Waals surface area (Å²) < 4.78 is 27.0. The second kappa shape index (κ2) is 7.70. The van der Waals surface area contributed by atoms with Gasteiger partial charge in [0.05, 0.1) is 31.1 Å². The van der Waals surface area contributed by atoms with Crippen molar-refractivity contribution in [2.75, 3.05) is 32.8 Å². The highest BCUT2D eigenvalue weighted by Gasteiger charge is 2.55. The first-order chi connectivity index (χ1) is 13.8. The number of sulfonamides is 1. The molecule has 2 aliphatic heterocycles. The van der Waals surface area contributed by atoms with E-state index >= 15 is 0 Å². The fourth-order valence-corrected chi connectivity index (χ4v) is 6.27. The lowest BCUT2D eigenvalue weighted by molar-refractivity contribution is -0.910. The molecule has 1 aliphatic carbocycles. The smallest absolute Gasteiger partial charge is 0.323 e. The molecule has 0 bridgehead atoms. The number of rotatable bonds is 4. The topological polar surface area (TPSA) is 91.2 Å². The lowest BCUT2D eigenvalue weighted by atomic mass is 9.73. The van der Waals surface area contributed by atoms with E-state index in [2.05, 4.69) is 5.32 Å². The summed E-state index contributed by atoms with van der Waals surface area (Å²) in [5.41, 5.74) is -0.743. The highest BCUT2D eigenvalue weighted by atomic mass is 32.2. The Hall–Kier alpha value is -1.97. The summed E-state index contributed by atoms with van der Waals surface area (Å²) in [6.45, 7) is 4.20. The lowest BCUT2D eigenvalue weighted by Crippen LogP contribution is -3.16. The van der Waals surface area contributed by atoms with Crippen LogP contribution in [0.4, 0.5) is 4.79 Å². The van der Waals surface area contributed by atoms with Gasteiger partial charge in [0.2, 0.25) is 10.0 Å². The number of quaternary nitrogens is 1. The van der Waals surface area contributed by atoms with Crippen molar-refractivity contribution < 1.29 is 22.9 Å². The molecule has 158 valence electrons. The normalized spacial score (nSPS) is 29.4. The number of nitrogens with one attached hydrogen (secondary N) is 2. The fraction of sp³-hybridized carbons (Fsp3) is 0.600. The van der Waals surface area contributed by atoms with Crippen molar-refractivity contribution in [2.45, 2.75) is 43.0 Å². The summed E-state index contributed by atoms with van der Waals surface area (Å²) in [5, 5.41) is 2.98. The first-order valence-electron chi connectivity index (χ1n) is 10.4. The Kier molecular flexibility index (Phi) is 5.39. The minimum atomic E-state index is -3.50. The average Bonchev–Trinajstić information content (AvgIpc) is 2.96. The van der Waals surface area contributed by atoms with Crippen LogP contribution in [0.3, 0.4) is 0 Å². The van der Waals surface area contributed by atoms with Crippen LogP contribution in [0.5, 0.6) is 0 Å². The number of carbonyl (C=O) groups excluding carboxylic acids is 2. The minimum absolute atomic E-state index is 0.110. The number of nitrogens with zero attached hydrogens (tertiary/aromatic N) is 2. The summed E-state index contributed by atoms with van der Waals surface area (Å²) in [6.07, 6.45) is 3.69. The Morgan fingerprint density at radius 2 is 1.83 bits per heavy atom. The summed E-state index contributed by atoms with van der Waals surface area (Å²) >= 11 is 0. The molecule has 9 heteroatoms. The van der Waals surface area contributed by atoms with Crippen LogP contribution >= 0.6 is 0 Å². The maximum absolute atomic E-state index is 13.1.